The van der Waals surface area contributed by atoms with Gasteiger partial charge in [-0.1, -0.05) is 12.6 Å². The zero-order valence-electron chi connectivity index (χ0n) is 2.76. The topological polar surface area (TPSA) is 9.23 Å². The van der Waals surface area contributed by atoms with Crippen molar-refractivity contribution in [2.75, 3.05) is 7.11 Å². The Kier molecular flexibility index (Phi) is 12.4. The summed E-state index contributed by atoms with van der Waals surface area (Å²) in [6.45, 7) is 0. The summed E-state index contributed by atoms with van der Waals surface area (Å²) in [7, 11) is 1.48. The molecule has 0 aromatic rings. The van der Waals surface area contributed by atoms with Crippen LogP contribution in [0.2, 0.25) is 0 Å². The Labute approximate surface area is 90.7 Å². The average molecular weight is 148 g/mol. The van der Waals surface area contributed by atoms with E-state index in [1.165, 1.54) is 7.11 Å². The number of thiol groups is 1. The van der Waals surface area contributed by atoms with Crippen LogP contribution >= 0.6 is 24.8 Å². The van der Waals surface area contributed by atoms with Crippen LogP contribution in [0.4, 0.5) is 0 Å². The van der Waals surface area contributed by atoms with Gasteiger partial charge in [-0.25, -0.2) is 0 Å². The van der Waals surface area contributed by atoms with Gasteiger partial charge in [-0.3, -0.25) is 0 Å². The van der Waals surface area contributed by atoms with Gasteiger partial charge in [-0.05, 0) is 12.2 Å². The minimum atomic E-state index is 0. The maximum atomic E-state index is 4.35. The van der Waals surface area contributed by atoms with Crippen LogP contribution in [0.5, 0.6) is 0 Å². The quantitative estimate of drug-likeness (QED) is 0.298. The first kappa shape index (κ1) is 10.8. The third-order valence-corrected chi connectivity index (χ3v) is 0.524. The van der Waals surface area contributed by atoms with Crippen molar-refractivity contribution in [3.05, 3.63) is 0 Å². The van der Waals surface area contributed by atoms with Gasteiger partial charge in [0, 0.05) is 0 Å². The molecule has 0 aliphatic carbocycles. The number of methoxy groups -OCH3 is 1. The first-order chi connectivity index (χ1) is 2.27. The summed E-state index contributed by atoms with van der Waals surface area (Å²) in [6.07, 6.45) is 0. The summed E-state index contributed by atoms with van der Waals surface area (Å²) < 4.78 is 4.63. The normalized spacial score (nSPS) is 5.67. The van der Waals surface area contributed by atoms with Crippen LogP contribution in [0.1, 0.15) is 0 Å². The zero-order chi connectivity index (χ0) is 4.28. The fourth-order valence-electron chi connectivity index (χ4n) is 0. The molecule has 0 spiro atoms. The summed E-state index contributed by atoms with van der Waals surface area (Å²) in [4.78, 5) is 0. The molecule has 4 heteroatoms. The second-order valence-electron chi connectivity index (χ2n) is 0.470. The Morgan fingerprint density at radius 2 is 2.00 bits per heavy atom. The molecular formula is C2H5KOS2. The molecule has 0 rings (SSSR count). The summed E-state index contributed by atoms with van der Waals surface area (Å²) in [5.74, 6) is 0. The fourth-order valence-corrected chi connectivity index (χ4v) is 0. The third kappa shape index (κ3) is 9.30. The summed E-state index contributed by atoms with van der Waals surface area (Å²) in [6, 6.07) is 0. The predicted molar refractivity (Wildman–Crippen MR) is 35.7 cm³/mol. The van der Waals surface area contributed by atoms with Gasteiger partial charge >= 0.3 is 51.4 Å². The van der Waals surface area contributed by atoms with E-state index in [0.29, 0.717) is 0 Å². The van der Waals surface area contributed by atoms with Crippen molar-refractivity contribution in [3.63, 3.8) is 0 Å². The summed E-state index contributed by atoms with van der Waals surface area (Å²) >= 11 is 7.95. The zero-order valence-corrected chi connectivity index (χ0v) is 4.47. The molecule has 0 aliphatic heterocycles. The molecule has 32 valence electrons. The standard InChI is InChI=1S/C2H4OS2.K.H/c1-3-2(4)5;;/h1H3,(H,4,5);;. The van der Waals surface area contributed by atoms with Crippen molar-refractivity contribution < 1.29 is 4.74 Å². The van der Waals surface area contributed by atoms with Crippen molar-refractivity contribution in [1.82, 2.24) is 0 Å². The van der Waals surface area contributed by atoms with E-state index in [9.17, 15) is 0 Å². The van der Waals surface area contributed by atoms with E-state index in [-0.39, 0.29) is 55.8 Å². The van der Waals surface area contributed by atoms with E-state index < -0.39 is 0 Å². The third-order valence-electron chi connectivity index (χ3n) is 0.175. The van der Waals surface area contributed by atoms with Crippen molar-refractivity contribution in [2.45, 2.75) is 0 Å². The molecule has 0 N–H and O–H groups in total. The SMILES string of the molecule is COC(=S)S.[KH]. The van der Waals surface area contributed by atoms with E-state index in [0.717, 1.165) is 0 Å². The van der Waals surface area contributed by atoms with E-state index in [1.807, 2.05) is 0 Å². The second kappa shape index (κ2) is 6.88. The molecule has 0 aliphatic rings. The number of hydrogen-bond donors (Lipinski definition) is 1. The first-order valence-electron chi connectivity index (χ1n) is 1.04. The van der Waals surface area contributed by atoms with Gasteiger partial charge in [0.05, 0.1) is 7.11 Å². The summed E-state index contributed by atoms with van der Waals surface area (Å²) in [5.41, 5.74) is 0. The van der Waals surface area contributed by atoms with Gasteiger partial charge in [-0.2, -0.15) is 0 Å². The average Bonchev–Trinajstić information content (AvgIpc) is 1.38. The van der Waals surface area contributed by atoms with Crippen molar-refractivity contribution in [3.8, 4) is 0 Å². The molecule has 0 unspecified atom stereocenters. The molecule has 0 aromatic carbocycles. The van der Waals surface area contributed by atoms with Gasteiger partial charge in [0.25, 0.3) is 0 Å². The molecule has 6 heavy (non-hydrogen) atoms. The van der Waals surface area contributed by atoms with Crippen LogP contribution in [-0.2, 0) is 4.74 Å². The number of ether oxygens (including phenoxy) is 1. The number of hydrogen-bond acceptors (Lipinski definition) is 2. The molecule has 0 atom stereocenters. The van der Waals surface area contributed by atoms with Crippen LogP contribution in [0.25, 0.3) is 0 Å². The van der Waals surface area contributed by atoms with Crippen LogP contribution in [0.15, 0.2) is 0 Å². The van der Waals surface area contributed by atoms with Gasteiger partial charge in [0.1, 0.15) is 0 Å². The van der Waals surface area contributed by atoms with Gasteiger partial charge in [0.15, 0.2) is 0 Å². The van der Waals surface area contributed by atoms with Crippen LogP contribution in [-0.4, -0.2) is 62.9 Å². The molecule has 0 saturated carbocycles. The molecule has 0 amide bonds. The van der Waals surface area contributed by atoms with Crippen molar-refractivity contribution in [1.29, 1.82) is 0 Å². The second-order valence-corrected chi connectivity index (χ2v) is 1.55. The monoisotopic (exact) mass is 148 g/mol. The van der Waals surface area contributed by atoms with E-state index in [1.54, 1.807) is 0 Å². The van der Waals surface area contributed by atoms with Crippen LogP contribution in [0.3, 0.4) is 0 Å². The molecular weight excluding hydrogens is 143 g/mol. The molecule has 0 aromatic heterocycles. The van der Waals surface area contributed by atoms with Gasteiger partial charge < -0.3 is 4.74 Å². The van der Waals surface area contributed by atoms with Crippen molar-refractivity contribution in [2.24, 2.45) is 0 Å². The molecule has 0 heterocycles. The molecule has 0 fully saturated rings. The molecule has 1 nitrogen and oxygen atoms in total. The van der Waals surface area contributed by atoms with Crippen LogP contribution < -0.4 is 0 Å². The minimum absolute atomic E-state index is 0. The van der Waals surface area contributed by atoms with Crippen molar-refractivity contribution >= 4 is 80.6 Å². The Balaban J connectivity index is 0. The Morgan fingerprint density at radius 1 is 1.83 bits per heavy atom. The molecule has 0 radical (unpaired) electrons. The fraction of sp³-hybridized carbons (Fsp3) is 0.500. The van der Waals surface area contributed by atoms with E-state index in [4.69, 9.17) is 0 Å². The Bertz CT molecular complexity index is 46.8. The summed E-state index contributed by atoms with van der Waals surface area (Å²) in [5, 5.41) is 0. The number of thiocarbonyl (C=S) groups is 1. The van der Waals surface area contributed by atoms with E-state index >= 15 is 0 Å². The van der Waals surface area contributed by atoms with E-state index in [2.05, 4.69) is 29.6 Å². The predicted octanol–water partition coefficient (Wildman–Crippen LogP) is 0.199. The number of rotatable bonds is 0. The maximum absolute atomic E-state index is 4.35. The first-order valence-corrected chi connectivity index (χ1v) is 1.90. The molecule has 0 saturated heterocycles. The Morgan fingerprint density at radius 3 is 2.00 bits per heavy atom. The van der Waals surface area contributed by atoms with Gasteiger partial charge in [0.2, 0.25) is 4.38 Å². The Hall–Kier alpha value is 1.88. The molecule has 0 bridgehead atoms. The van der Waals surface area contributed by atoms with Crippen LogP contribution in [0, 0.1) is 0 Å². The van der Waals surface area contributed by atoms with Gasteiger partial charge in [-0.15, -0.1) is 0 Å².